The topological polar surface area (TPSA) is 41.6 Å². The fourth-order valence-corrected chi connectivity index (χ4v) is 2.69. The fraction of sp³-hybridized carbons (Fsp3) is 0.900. The number of nitrogens with zero attached hydrogens (tertiary/aromatic N) is 2. The molecule has 1 atom stereocenters. The molecule has 2 N–H and O–H groups in total. The van der Waals surface area contributed by atoms with E-state index in [-0.39, 0.29) is 0 Å². The van der Waals surface area contributed by atoms with Crippen LogP contribution in [-0.2, 0) is 0 Å². The van der Waals surface area contributed by atoms with E-state index in [2.05, 4.69) is 16.8 Å². The third-order valence-electron chi connectivity index (χ3n) is 3.42. The lowest BCUT2D eigenvalue weighted by Crippen LogP contribution is -2.43. The maximum Gasteiger partial charge on any atom is 0.191 e. The second kappa shape index (κ2) is 3.56. The molecule has 74 valence electrons. The van der Waals surface area contributed by atoms with Crippen LogP contribution in [0.1, 0.15) is 32.6 Å². The Balaban J connectivity index is 2.00. The number of guanidine groups is 1. The molecule has 0 aromatic carbocycles. The van der Waals surface area contributed by atoms with E-state index in [1.165, 1.54) is 25.7 Å². The Labute approximate surface area is 80.0 Å². The lowest BCUT2D eigenvalue weighted by molar-refractivity contribution is 0.260. The molecule has 0 amide bonds. The van der Waals surface area contributed by atoms with Crippen molar-refractivity contribution >= 4 is 5.96 Å². The van der Waals surface area contributed by atoms with Crippen LogP contribution < -0.4 is 5.73 Å². The first-order valence-electron chi connectivity index (χ1n) is 5.39. The molecule has 3 heteroatoms. The molecule has 0 aromatic heterocycles. The molecule has 1 unspecified atom stereocenters. The van der Waals surface area contributed by atoms with Gasteiger partial charge in [0.15, 0.2) is 5.96 Å². The molecular weight excluding hydrogens is 162 g/mol. The predicted molar refractivity (Wildman–Crippen MR) is 54.6 cm³/mol. The first kappa shape index (κ1) is 8.85. The van der Waals surface area contributed by atoms with Gasteiger partial charge in [-0.15, -0.1) is 0 Å². The molecule has 2 rings (SSSR count). The van der Waals surface area contributed by atoms with Crippen molar-refractivity contribution in [2.24, 2.45) is 16.6 Å². The highest BCUT2D eigenvalue weighted by molar-refractivity contribution is 5.80. The maximum atomic E-state index is 5.82. The predicted octanol–water partition coefficient (Wildman–Crippen LogP) is 1.20. The number of rotatable bonds is 2. The van der Waals surface area contributed by atoms with E-state index in [1.807, 2.05) is 0 Å². The maximum absolute atomic E-state index is 5.82. The van der Waals surface area contributed by atoms with Crippen molar-refractivity contribution in [3.8, 4) is 0 Å². The highest BCUT2D eigenvalue weighted by atomic mass is 15.3. The molecule has 0 aromatic rings. The molecule has 1 heterocycles. The largest absolute Gasteiger partial charge is 0.370 e. The van der Waals surface area contributed by atoms with Crippen molar-refractivity contribution in [3.05, 3.63) is 0 Å². The van der Waals surface area contributed by atoms with Gasteiger partial charge in [-0.05, 0) is 25.7 Å². The zero-order chi connectivity index (χ0) is 9.26. The Morgan fingerprint density at radius 2 is 2.15 bits per heavy atom. The zero-order valence-electron chi connectivity index (χ0n) is 8.37. The van der Waals surface area contributed by atoms with Crippen molar-refractivity contribution in [1.29, 1.82) is 0 Å². The Kier molecular flexibility index (Phi) is 2.42. The summed E-state index contributed by atoms with van der Waals surface area (Å²) in [5, 5.41) is 0. The first-order valence-corrected chi connectivity index (χ1v) is 5.39. The third kappa shape index (κ3) is 1.52. The third-order valence-corrected chi connectivity index (χ3v) is 3.42. The molecule has 1 aliphatic heterocycles. The standard InChI is InChI=1S/C10H19N3/c1-2-13-9(7-12-10(13)11)8-5-3-4-6-8/h8-9H,2-7H2,1H3,(H2,11,12). The Bertz CT molecular complexity index is 206. The van der Waals surface area contributed by atoms with E-state index in [0.717, 1.165) is 25.0 Å². The molecule has 0 spiro atoms. The average molecular weight is 181 g/mol. The normalized spacial score (nSPS) is 29.8. The Morgan fingerprint density at radius 1 is 1.46 bits per heavy atom. The van der Waals surface area contributed by atoms with Crippen molar-refractivity contribution in [2.45, 2.75) is 38.6 Å². The summed E-state index contributed by atoms with van der Waals surface area (Å²) in [6, 6.07) is 0.618. The molecule has 2 aliphatic rings. The van der Waals surface area contributed by atoms with E-state index in [0.29, 0.717) is 6.04 Å². The van der Waals surface area contributed by atoms with Crippen LogP contribution in [0.15, 0.2) is 4.99 Å². The summed E-state index contributed by atoms with van der Waals surface area (Å²) in [5.74, 6) is 1.61. The van der Waals surface area contributed by atoms with Crippen molar-refractivity contribution in [3.63, 3.8) is 0 Å². The van der Waals surface area contributed by atoms with Gasteiger partial charge in [0.05, 0.1) is 12.6 Å². The van der Waals surface area contributed by atoms with Crippen LogP contribution in [0, 0.1) is 5.92 Å². The van der Waals surface area contributed by atoms with Crippen LogP contribution in [0.2, 0.25) is 0 Å². The van der Waals surface area contributed by atoms with Crippen LogP contribution in [-0.4, -0.2) is 30.0 Å². The smallest absolute Gasteiger partial charge is 0.191 e. The fourth-order valence-electron chi connectivity index (χ4n) is 2.69. The number of aliphatic imine (C=N–C) groups is 1. The lowest BCUT2D eigenvalue weighted by Gasteiger charge is -2.29. The van der Waals surface area contributed by atoms with E-state index in [4.69, 9.17) is 5.73 Å². The van der Waals surface area contributed by atoms with E-state index in [1.54, 1.807) is 0 Å². The number of nitrogens with two attached hydrogens (primary N) is 1. The summed E-state index contributed by atoms with van der Waals surface area (Å²) >= 11 is 0. The average Bonchev–Trinajstić information content (AvgIpc) is 2.71. The zero-order valence-corrected chi connectivity index (χ0v) is 8.37. The van der Waals surface area contributed by atoms with Gasteiger partial charge in [0, 0.05) is 6.54 Å². The Morgan fingerprint density at radius 3 is 2.77 bits per heavy atom. The number of hydrogen-bond acceptors (Lipinski definition) is 3. The van der Waals surface area contributed by atoms with Crippen LogP contribution >= 0.6 is 0 Å². The summed E-state index contributed by atoms with van der Waals surface area (Å²) < 4.78 is 0. The Hall–Kier alpha value is -0.730. The van der Waals surface area contributed by atoms with Gasteiger partial charge < -0.3 is 10.6 Å². The summed E-state index contributed by atoms with van der Waals surface area (Å²) in [5.41, 5.74) is 5.82. The second-order valence-electron chi connectivity index (χ2n) is 4.10. The second-order valence-corrected chi connectivity index (χ2v) is 4.10. The summed E-state index contributed by atoms with van der Waals surface area (Å²) in [7, 11) is 0. The van der Waals surface area contributed by atoms with Crippen LogP contribution in [0.25, 0.3) is 0 Å². The minimum Gasteiger partial charge on any atom is -0.370 e. The SMILES string of the molecule is CCN1C(N)=NCC1C1CCCC1. The van der Waals surface area contributed by atoms with Gasteiger partial charge in [0.1, 0.15) is 0 Å². The van der Waals surface area contributed by atoms with E-state index in [9.17, 15) is 0 Å². The minimum atomic E-state index is 0.618. The van der Waals surface area contributed by atoms with Crippen LogP contribution in [0.5, 0.6) is 0 Å². The van der Waals surface area contributed by atoms with Gasteiger partial charge in [-0.3, -0.25) is 4.99 Å². The van der Waals surface area contributed by atoms with Crippen molar-refractivity contribution in [1.82, 2.24) is 4.90 Å². The summed E-state index contributed by atoms with van der Waals surface area (Å²) in [4.78, 5) is 6.61. The molecule has 13 heavy (non-hydrogen) atoms. The van der Waals surface area contributed by atoms with Gasteiger partial charge in [-0.25, -0.2) is 0 Å². The quantitative estimate of drug-likeness (QED) is 0.695. The van der Waals surface area contributed by atoms with E-state index < -0.39 is 0 Å². The molecule has 0 bridgehead atoms. The molecule has 1 saturated carbocycles. The molecule has 0 saturated heterocycles. The first-order chi connectivity index (χ1) is 6.33. The molecule has 1 fully saturated rings. The van der Waals surface area contributed by atoms with Gasteiger partial charge in [-0.1, -0.05) is 12.8 Å². The van der Waals surface area contributed by atoms with Gasteiger partial charge in [0.25, 0.3) is 0 Å². The van der Waals surface area contributed by atoms with Crippen molar-refractivity contribution in [2.75, 3.05) is 13.1 Å². The summed E-state index contributed by atoms with van der Waals surface area (Å²) in [6.45, 7) is 4.11. The number of likely N-dealkylation sites (N-methyl/N-ethyl adjacent to an activating group) is 1. The van der Waals surface area contributed by atoms with Crippen molar-refractivity contribution < 1.29 is 0 Å². The molecule has 1 aliphatic carbocycles. The molecule has 0 radical (unpaired) electrons. The lowest BCUT2D eigenvalue weighted by atomic mass is 9.97. The summed E-state index contributed by atoms with van der Waals surface area (Å²) in [6.07, 6.45) is 5.56. The van der Waals surface area contributed by atoms with E-state index >= 15 is 0 Å². The van der Waals surface area contributed by atoms with Gasteiger partial charge in [0.2, 0.25) is 0 Å². The molecule has 3 nitrogen and oxygen atoms in total. The van der Waals surface area contributed by atoms with Gasteiger partial charge in [-0.2, -0.15) is 0 Å². The highest BCUT2D eigenvalue weighted by Gasteiger charge is 2.33. The van der Waals surface area contributed by atoms with Gasteiger partial charge >= 0.3 is 0 Å². The highest BCUT2D eigenvalue weighted by Crippen LogP contribution is 2.31. The molecular formula is C10H19N3. The monoisotopic (exact) mass is 181 g/mol. The van der Waals surface area contributed by atoms with Crippen LogP contribution in [0.4, 0.5) is 0 Å². The number of hydrogen-bond donors (Lipinski definition) is 1. The van der Waals surface area contributed by atoms with Crippen LogP contribution in [0.3, 0.4) is 0 Å². The minimum absolute atomic E-state index is 0.618.